The molecular formula is C26H25N3O2. The second-order valence-corrected chi connectivity index (χ2v) is 8.13. The van der Waals surface area contributed by atoms with Gasteiger partial charge in [0.2, 0.25) is 0 Å². The van der Waals surface area contributed by atoms with Crippen molar-refractivity contribution in [3.05, 3.63) is 100 Å². The van der Waals surface area contributed by atoms with Crippen LogP contribution in [0.2, 0.25) is 0 Å². The van der Waals surface area contributed by atoms with E-state index in [4.69, 9.17) is 4.74 Å². The highest BCUT2D eigenvalue weighted by Crippen LogP contribution is 2.32. The molecule has 156 valence electrons. The Morgan fingerprint density at radius 3 is 2.74 bits per heavy atom. The molecule has 0 radical (unpaired) electrons. The number of benzene rings is 2. The number of ether oxygens (including phenoxy) is 1. The van der Waals surface area contributed by atoms with Crippen molar-refractivity contribution in [3.8, 4) is 6.07 Å². The smallest absolute Gasteiger partial charge is 0.251 e. The van der Waals surface area contributed by atoms with Crippen LogP contribution in [0.25, 0.3) is 0 Å². The zero-order valence-corrected chi connectivity index (χ0v) is 17.6. The van der Waals surface area contributed by atoms with Crippen LogP contribution in [0.4, 0.5) is 0 Å². The number of aromatic nitrogens is 1. The van der Waals surface area contributed by atoms with Gasteiger partial charge in [0.05, 0.1) is 31.5 Å². The van der Waals surface area contributed by atoms with E-state index in [-0.39, 0.29) is 5.91 Å². The van der Waals surface area contributed by atoms with Crippen molar-refractivity contribution in [2.75, 3.05) is 6.61 Å². The van der Waals surface area contributed by atoms with Crippen molar-refractivity contribution in [2.45, 2.75) is 38.3 Å². The molecule has 2 aromatic carbocycles. The number of hydrogen-bond acceptors (Lipinski definition) is 4. The number of carbonyl (C=O) groups excluding carboxylic acids is 1. The molecule has 0 saturated heterocycles. The van der Waals surface area contributed by atoms with Gasteiger partial charge >= 0.3 is 0 Å². The van der Waals surface area contributed by atoms with Gasteiger partial charge in [-0.2, -0.15) is 5.26 Å². The lowest BCUT2D eigenvalue weighted by Crippen LogP contribution is -2.33. The third-order valence-electron chi connectivity index (χ3n) is 5.72. The number of fused-ring (bicyclic) bond motifs is 1. The first-order valence-corrected chi connectivity index (χ1v) is 10.5. The van der Waals surface area contributed by atoms with Crippen LogP contribution in [-0.2, 0) is 36.1 Å². The molecule has 0 fully saturated rings. The van der Waals surface area contributed by atoms with Gasteiger partial charge in [-0.15, -0.1) is 0 Å². The summed E-state index contributed by atoms with van der Waals surface area (Å²) in [5, 5.41) is 12.5. The van der Waals surface area contributed by atoms with Crippen LogP contribution in [-0.4, -0.2) is 17.5 Å². The van der Waals surface area contributed by atoms with Crippen LogP contribution in [0.3, 0.4) is 0 Å². The van der Waals surface area contributed by atoms with Gasteiger partial charge in [0, 0.05) is 11.8 Å². The Balaban J connectivity index is 1.40. The summed E-state index contributed by atoms with van der Waals surface area (Å²) in [7, 11) is 0. The van der Waals surface area contributed by atoms with Gasteiger partial charge < -0.3 is 10.1 Å². The summed E-state index contributed by atoms with van der Waals surface area (Å²) in [5.41, 5.74) is 4.96. The molecule has 0 spiro atoms. The summed E-state index contributed by atoms with van der Waals surface area (Å²) in [6, 6.07) is 22.2. The molecular weight excluding hydrogens is 386 g/mol. The zero-order valence-electron chi connectivity index (χ0n) is 17.6. The van der Waals surface area contributed by atoms with E-state index in [9.17, 15) is 10.1 Å². The van der Waals surface area contributed by atoms with Crippen LogP contribution in [0, 0.1) is 11.3 Å². The number of nitriles is 1. The van der Waals surface area contributed by atoms with Crippen molar-refractivity contribution in [3.63, 3.8) is 0 Å². The first-order chi connectivity index (χ1) is 15.1. The quantitative estimate of drug-likeness (QED) is 0.662. The molecule has 0 aliphatic carbocycles. The molecule has 31 heavy (non-hydrogen) atoms. The highest BCUT2D eigenvalue weighted by atomic mass is 16.5. The summed E-state index contributed by atoms with van der Waals surface area (Å²) in [5.74, 6) is -0.175. The van der Waals surface area contributed by atoms with Gasteiger partial charge in [0.15, 0.2) is 0 Å². The van der Waals surface area contributed by atoms with Gasteiger partial charge in [0.1, 0.15) is 5.41 Å². The number of hydrogen-bond donors (Lipinski definition) is 1. The number of amides is 1. The van der Waals surface area contributed by atoms with Crippen LogP contribution >= 0.6 is 0 Å². The highest BCUT2D eigenvalue weighted by molar-refractivity contribution is 5.94. The molecule has 1 N–H and O–H groups in total. The molecule has 1 aromatic heterocycles. The zero-order chi connectivity index (χ0) is 21.7. The SMILES string of the molecule is C[C@@]1(C#N)COCc2ccc(C(=O)NCc3cc(CCc4ccccc4)ccn3)cc21. The topological polar surface area (TPSA) is 75.0 Å². The van der Waals surface area contributed by atoms with Crippen molar-refractivity contribution in [1.29, 1.82) is 5.26 Å². The molecule has 3 aromatic rings. The lowest BCUT2D eigenvalue weighted by molar-refractivity contribution is 0.0757. The first kappa shape index (κ1) is 20.8. The van der Waals surface area contributed by atoms with Crippen molar-refractivity contribution < 1.29 is 9.53 Å². The number of carbonyl (C=O) groups is 1. The van der Waals surface area contributed by atoms with Crippen molar-refractivity contribution >= 4 is 5.91 Å². The molecule has 0 saturated carbocycles. The molecule has 1 atom stereocenters. The van der Waals surface area contributed by atoms with Crippen molar-refractivity contribution in [1.82, 2.24) is 10.3 Å². The number of pyridine rings is 1. The molecule has 5 heteroatoms. The van der Waals surface area contributed by atoms with Crippen LogP contribution < -0.4 is 5.32 Å². The van der Waals surface area contributed by atoms with Gasteiger partial charge in [-0.3, -0.25) is 9.78 Å². The number of nitrogens with one attached hydrogen (secondary N) is 1. The van der Waals surface area contributed by atoms with Crippen LogP contribution in [0.15, 0.2) is 66.9 Å². The fourth-order valence-corrected chi connectivity index (χ4v) is 3.88. The van der Waals surface area contributed by atoms with E-state index < -0.39 is 5.41 Å². The fourth-order valence-electron chi connectivity index (χ4n) is 3.88. The minimum Gasteiger partial charge on any atom is -0.375 e. The second kappa shape index (κ2) is 9.11. The Hall–Kier alpha value is -3.49. The predicted octanol–water partition coefficient (Wildman–Crippen LogP) is 4.11. The summed E-state index contributed by atoms with van der Waals surface area (Å²) < 4.78 is 5.54. The maximum absolute atomic E-state index is 12.7. The standard InChI is InChI=1S/C26H25N3O2/c1-26(17-27)18-31-16-22-10-9-21(14-24(22)26)25(30)29-15-23-13-20(11-12-28-23)8-7-19-5-3-2-4-6-19/h2-6,9-14H,7-8,15-16,18H2,1H3,(H,29,30)/t26-/m1/s1. The summed E-state index contributed by atoms with van der Waals surface area (Å²) >= 11 is 0. The largest absolute Gasteiger partial charge is 0.375 e. The lowest BCUT2D eigenvalue weighted by Gasteiger charge is -2.30. The fraction of sp³-hybridized carbons (Fsp3) is 0.269. The maximum Gasteiger partial charge on any atom is 0.251 e. The van der Waals surface area contributed by atoms with E-state index in [1.54, 1.807) is 12.3 Å². The summed E-state index contributed by atoms with van der Waals surface area (Å²) in [6.07, 6.45) is 3.68. The summed E-state index contributed by atoms with van der Waals surface area (Å²) in [6.45, 7) is 3.00. The lowest BCUT2D eigenvalue weighted by atomic mass is 9.79. The maximum atomic E-state index is 12.7. The van der Waals surface area contributed by atoms with Crippen LogP contribution in [0.1, 0.15) is 45.2 Å². The molecule has 1 amide bonds. The number of rotatable bonds is 6. The van der Waals surface area contributed by atoms with Gasteiger partial charge in [0.25, 0.3) is 5.91 Å². The Morgan fingerprint density at radius 1 is 1.13 bits per heavy atom. The normalized spacial score (nSPS) is 17.4. The number of aryl methyl sites for hydroxylation is 2. The molecule has 1 aliphatic heterocycles. The molecule has 2 heterocycles. The van der Waals surface area contributed by atoms with E-state index in [0.717, 1.165) is 29.7 Å². The summed E-state index contributed by atoms with van der Waals surface area (Å²) in [4.78, 5) is 17.1. The molecule has 5 nitrogen and oxygen atoms in total. The first-order valence-electron chi connectivity index (χ1n) is 10.5. The third kappa shape index (κ3) is 4.82. The Morgan fingerprint density at radius 2 is 1.94 bits per heavy atom. The van der Waals surface area contributed by atoms with Gasteiger partial charge in [-0.05, 0) is 66.3 Å². The highest BCUT2D eigenvalue weighted by Gasteiger charge is 2.33. The molecule has 1 aliphatic rings. The monoisotopic (exact) mass is 411 g/mol. The molecule has 0 bridgehead atoms. The van der Waals surface area contributed by atoms with Crippen LogP contribution in [0.5, 0.6) is 0 Å². The van der Waals surface area contributed by atoms with E-state index in [2.05, 4.69) is 40.6 Å². The molecule has 4 rings (SSSR count). The predicted molar refractivity (Wildman–Crippen MR) is 118 cm³/mol. The average molecular weight is 412 g/mol. The molecule has 0 unspecified atom stereocenters. The van der Waals surface area contributed by atoms with Gasteiger partial charge in [-0.1, -0.05) is 36.4 Å². The van der Waals surface area contributed by atoms with Gasteiger partial charge in [-0.25, -0.2) is 0 Å². The second-order valence-electron chi connectivity index (χ2n) is 8.13. The average Bonchev–Trinajstić information content (AvgIpc) is 2.82. The van der Waals surface area contributed by atoms with E-state index in [0.29, 0.717) is 25.3 Å². The van der Waals surface area contributed by atoms with E-state index >= 15 is 0 Å². The minimum atomic E-state index is -0.738. The van der Waals surface area contributed by atoms with E-state index in [1.165, 1.54) is 11.1 Å². The van der Waals surface area contributed by atoms with E-state index in [1.807, 2.05) is 37.3 Å². The Kier molecular flexibility index (Phi) is 6.11. The Labute approximate surface area is 182 Å². The Bertz CT molecular complexity index is 1120. The third-order valence-corrected chi connectivity index (χ3v) is 5.72. The van der Waals surface area contributed by atoms with Crippen molar-refractivity contribution in [2.24, 2.45) is 0 Å². The minimum absolute atomic E-state index is 0.175. The number of nitrogens with zero attached hydrogens (tertiary/aromatic N) is 2.